The standard InChI is InChI=1S/C9H14N4O4/c1-3-17-5-4-12-6-7(9(14)10-2)8(11-12)13(15)16/h6H,3-5H2,1-2H3,(H,10,14). The van der Waals surface area contributed by atoms with E-state index in [1.165, 1.54) is 17.9 Å². The summed E-state index contributed by atoms with van der Waals surface area (Å²) < 4.78 is 6.43. The molecule has 0 unspecified atom stereocenters. The van der Waals surface area contributed by atoms with Crippen molar-refractivity contribution in [1.29, 1.82) is 0 Å². The molecule has 0 aliphatic heterocycles. The molecule has 17 heavy (non-hydrogen) atoms. The number of carbonyl (C=O) groups excluding carboxylic acids is 1. The summed E-state index contributed by atoms with van der Waals surface area (Å²) in [6, 6.07) is 0. The van der Waals surface area contributed by atoms with Crippen LogP contribution < -0.4 is 5.32 Å². The van der Waals surface area contributed by atoms with E-state index in [9.17, 15) is 14.9 Å². The van der Waals surface area contributed by atoms with E-state index in [1.807, 2.05) is 6.92 Å². The van der Waals surface area contributed by atoms with Crippen LogP contribution in [0, 0.1) is 10.1 Å². The molecule has 0 saturated heterocycles. The van der Waals surface area contributed by atoms with Crippen molar-refractivity contribution in [2.75, 3.05) is 20.3 Å². The quantitative estimate of drug-likeness (QED) is 0.436. The third-order valence-electron chi connectivity index (χ3n) is 2.06. The number of hydrogen-bond acceptors (Lipinski definition) is 5. The highest BCUT2D eigenvalue weighted by Crippen LogP contribution is 2.15. The Morgan fingerprint density at radius 2 is 2.41 bits per heavy atom. The fraction of sp³-hybridized carbons (Fsp3) is 0.556. The van der Waals surface area contributed by atoms with Gasteiger partial charge < -0.3 is 20.2 Å². The number of rotatable bonds is 6. The number of ether oxygens (including phenoxy) is 1. The molecule has 0 spiro atoms. The molecular weight excluding hydrogens is 228 g/mol. The zero-order valence-electron chi connectivity index (χ0n) is 9.67. The van der Waals surface area contributed by atoms with Crippen LogP contribution >= 0.6 is 0 Å². The van der Waals surface area contributed by atoms with Crippen molar-refractivity contribution in [3.05, 3.63) is 21.9 Å². The molecule has 1 rings (SSSR count). The predicted octanol–water partition coefficient (Wildman–Crippen LogP) is 0.187. The molecule has 0 bridgehead atoms. The van der Waals surface area contributed by atoms with Crippen LogP contribution in [0.25, 0.3) is 0 Å². The van der Waals surface area contributed by atoms with Crippen LogP contribution in [-0.4, -0.2) is 40.9 Å². The van der Waals surface area contributed by atoms with Crippen LogP contribution in [0.2, 0.25) is 0 Å². The number of amides is 1. The number of carbonyl (C=O) groups is 1. The zero-order valence-corrected chi connectivity index (χ0v) is 9.67. The van der Waals surface area contributed by atoms with E-state index in [4.69, 9.17) is 4.74 Å². The smallest absolute Gasteiger partial charge is 0.380 e. The second kappa shape index (κ2) is 5.94. The fourth-order valence-corrected chi connectivity index (χ4v) is 1.26. The van der Waals surface area contributed by atoms with Crippen LogP contribution in [0.4, 0.5) is 5.82 Å². The van der Waals surface area contributed by atoms with Gasteiger partial charge >= 0.3 is 5.82 Å². The molecule has 0 saturated carbocycles. The zero-order chi connectivity index (χ0) is 12.8. The van der Waals surface area contributed by atoms with Gasteiger partial charge in [-0.05, 0) is 11.8 Å². The summed E-state index contributed by atoms with van der Waals surface area (Å²) in [7, 11) is 1.41. The lowest BCUT2D eigenvalue weighted by Crippen LogP contribution is -2.18. The molecule has 0 radical (unpaired) electrons. The maximum Gasteiger partial charge on any atom is 0.402 e. The number of hydrogen-bond donors (Lipinski definition) is 1. The monoisotopic (exact) mass is 242 g/mol. The first kappa shape index (κ1) is 13.1. The lowest BCUT2D eigenvalue weighted by molar-refractivity contribution is -0.390. The lowest BCUT2D eigenvalue weighted by Gasteiger charge is -1.97. The van der Waals surface area contributed by atoms with E-state index in [-0.39, 0.29) is 5.56 Å². The van der Waals surface area contributed by atoms with Gasteiger partial charge in [0.2, 0.25) is 0 Å². The number of nitrogens with one attached hydrogen (secondary N) is 1. The molecule has 0 aliphatic rings. The van der Waals surface area contributed by atoms with Gasteiger partial charge in [-0.25, -0.2) is 0 Å². The van der Waals surface area contributed by atoms with Crippen molar-refractivity contribution in [2.45, 2.75) is 13.5 Å². The van der Waals surface area contributed by atoms with Crippen molar-refractivity contribution in [3.63, 3.8) is 0 Å². The molecule has 8 heteroatoms. The molecule has 1 amide bonds. The minimum Gasteiger partial charge on any atom is -0.380 e. The first-order valence-electron chi connectivity index (χ1n) is 5.11. The summed E-state index contributed by atoms with van der Waals surface area (Å²) >= 11 is 0. The average Bonchev–Trinajstić information content (AvgIpc) is 2.73. The molecule has 0 atom stereocenters. The van der Waals surface area contributed by atoms with E-state index in [0.29, 0.717) is 19.8 Å². The van der Waals surface area contributed by atoms with Gasteiger partial charge in [-0.15, -0.1) is 0 Å². The summed E-state index contributed by atoms with van der Waals surface area (Å²) in [4.78, 5) is 21.4. The highest BCUT2D eigenvalue weighted by atomic mass is 16.6. The molecule has 1 aromatic heterocycles. The second-order valence-corrected chi connectivity index (χ2v) is 3.16. The maximum atomic E-state index is 11.4. The van der Waals surface area contributed by atoms with Gasteiger partial charge in [0.25, 0.3) is 5.91 Å². The lowest BCUT2D eigenvalue weighted by atomic mass is 10.3. The molecule has 0 aliphatic carbocycles. The number of nitrogens with zero attached hydrogens (tertiary/aromatic N) is 3. The van der Waals surface area contributed by atoms with Gasteiger partial charge in [0.15, 0.2) is 5.56 Å². The Balaban J connectivity index is 2.88. The topological polar surface area (TPSA) is 99.3 Å². The van der Waals surface area contributed by atoms with Crippen LogP contribution in [0.15, 0.2) is 6.20 Å². The highest BCUT2D eigenvalue weighted by Gasteiger charge is 2.25. The number of aromatic nitrogens is 2. The van der Waals surface area contributed by atoms with Crippen LogP contribution in [0.3, 0.4) is 0 Å². The van der Waals surface area contributed by atoms with Crippen molar-refractivity contribution in [3.8, 4) is 0 Å². The Bertz CT molecular complexity index is 415. The molecule has 1 N–H and O–H groups in total. The van der Waals surface area contributed by atoms with Gasteiger partial charge in [0, 0.05) is 13.7 Å². The Labute approximate surface area is 97.7 Å². The third-order valence-corrected chi connectivity index (χ3v) is 2.06. The third kappa shape index (κ3) is 3.25. The molecule has 94 valence electrons. The van der Waals surface area contributed by atoms with Crippen molar-refractivity contribution in [1.82, 2.24) is 15.1 Å². The summed E-state index contributed by atoms with van der Waals surface area (Å²) in [5.41, 5.74) is -0.0472. The molecule has 8 nitrogen and oxygen atoms in total. The van der Waals surface area contributed by atoms with E-state index in [2.05, 4.69) is 10.4 Å². The minimum atomic E-state index is -0.679. The van der Waals surface area contributed by atoms with E-state index < -0.39 is 16.6 Å². The van der Waals surface area contributed by atoms with E-state index >= 15 is 0 Å². The predicted molar refractivity (Wildman–Crippen MR) is 58.8 cm³/mol. The van der Waals surface area contributed by atoms with Crippen molar-refractivity contribution < 1.29 is 14.5 Å². The first-order valence-corrected chi connectivity index (χ1v) is 5.11. The SMILES string of the molecule is CCOCCn1cc(C(=O)NC)c([N+](=O)[O-])n1. The van der Waals surface area contributed by atoms with Gasteiger partial charge in [0.1, 0.15) is 0 Å². The van der Waals surface area contributed by atoms with Gasteiger partial charge in [-0.3, -0.25) is 4.79 Å². The Kier molecular flexibility index (Phi) is 4.58. The summed E-state index contributed by atoms with van der Waals surface area (Å²) in [5.74, 6) is -0.972. The number of nitro groups is 1. The Hall–Kier alpha value is -1.96. The summed E-state index contributed by atoms with van der Waals surface area (Å²) in [6.07, 6.45) is 1.34. The van der Waals surface area contributed by atoms with E-state index in [0.717, 1.165) is 0 Å². The van der Waals surface area contributed by atoms with Crippen LogP contribution in [-0.2, 0) is 11.3 Å². The Morgan fingerprint density at radius 1 is 1.71 bits per heavy atom. The van der Waals surface area contributed by atoms with Gasteiger partial charge in [-0.2, -0.15) is 4.68 Å². The second-order valence-electron chi connectivity index (χ2n) is 3.16. The molecular formula is C9H14N4O4. The molecule has 0 fully saturated rings. The molecule has 1 heterocycles. The normalized spacial score (nSPS) is 10.2. The highest BCUT2D eigenvalue weighted by molar-refractivity contribution is 5.97. The average molecular weight is 242 g/mol. The first-order chi connectivity index (χ1) is 8.10. The molecule has 0 aromatic carbocycles. The van der Waals surface area contributed by atoms with Crippen molar-refractivity contribution >= 4 is 11.7 Å². The molecule has 1 aromatic rings. The Morgan fingerprint density at radius 3 is 2.94 bits per heavy atom. The fourth-order valence-electron chi connectivity index (χ4n) is 1.26. The van der Waals surface area contributed by atoms with E-state index in [1.54, 1.807) is 0 Å². The largest absolute Gasteiger partial charge is 0.402 e. The van der Waals surface area contributed by atoms with Crippen LogP contribution in [0.1, 0.15) is 17.3 Å². The summed E-state index contributed by atoms with van der Waals surface area (Å²) in [6.45, 7) is 3.17. The van der Waals surface area contributed by atoms with Gasteiger partial charge in [0.05, 0.1) is 24.4 Å². The van der Waals surface area contributed by atoms with Crippen molar-refractivity contribution in [2.24, 2.45) is 0 Å². The minimum absolute atomic E-state index is 0.0472. The maximum absolute atomic E-state index is 11.4. The van der Waals surface area contributed by atoms with Crippen LogP contribution in [0.5, 0.6) is 0 Å². The van der Waals surface area contributed by atoms with Gasteiger partial charge in [-0.1, -0.05) is 0 Å². The summed E-state index contributed by atoms with van der Waals surface area (Å²) in [5, 5.41) is 16.8.